The maximum Gasteiger partial charge on any atom is 0.247 e. The zero-order chi connectivity index (χ0) is 31.8. The maximum absolute atomic E-state index is 14.0. The standard InChI is InChI=1S/C32H36F2N8O4/c1-3-30(43)38-25-14-26(32(44-2)39-31(25)40-7-4-22(5-8-40)41-16-24-13-23(41)17-45-24)37-28-15-29(36-18-35-28)42-27(6-9-46-42)19-10-20(33)12-21(34)11-19/h3,10-12,14-15,18,22-24,27H,1,4-9,13,16-17H2,2H3,(H,38,43)(H,35,36,37)/t23-,24-,27?/m0/s1. The summed E-state index contributed by atoms with van der Waals surface area (Å²) in [5, 5.41) is 7.66. The monoisotopic (exact) mass is 634 g/mol. The summed E-state index contributed by atoms with van der Waals surface area (Å²) in [5.41, 5.74) is 1.41. The number of nitrogens with zero attached hydrogens (tertiary/aromatic N) is 6. The summed E-state index contributed by atoms with van der Waals surface area (Å²) < 4.78 is 39.5. The predicted octanol–water partition coefficient (Wildman–Crippen LogP) is 4.35. The highest BCUT2D eigenvalue weighted by molar-refractivity contribution is 6.01. The molecule has 1 aromatic carbocycles. The van der Waals surface area contributed by atoms with E-state index in [4.69, 9.17) is 19.3 Å². The number of methoxy groups -OCH3 is 1. The number of rotatable bonds is 9. The number of hydroxylamine groups is 1. The third kappa shape index (κ3) is 6.07. The summed E-state index contributed by atoms with van der Waals surface area (Å²) in [5.74, 6) is 0.0313. The SMILES string of the molecule is C=CC(=O)Nc1cc(Nc2cc(N3OCCC3c3cc(F)cc(F)c3)ncn2)c(OC)nc1N1CCC(N2C[C@@H]3C[C@H]2CO3)CC1. The van der Waals surface area contributed by atoms with Crippen LogP contribution in [0.3, 0.4) is 0 Å². The quantitative estimate of drug-likeness (QED) is 0.327. The fourth-order valence-corrected chi connectivity index (χ4v) is 6.97. The molecule has 0 aliphatic carbocycles. The van der Waals surface area contributed by atoms with Crippen molar-refractivity contribution in [2.24, 2.45) is 0 Å². The first-order valence-corrected chi connectivity index (χ1v) is 15.5. The normalized spacial score (nSPS) is 23.2. The Kier molecular flexibility index (Phi) is 8.40. The third-order valence-electron chi connectivity index (χ3n) is 9.10. The Balaban J connectivity index is 1.12. The molecule has 1 amide bonds. The summed E-state index contributed by atoms with van der Waals surface area (Å²) in [6.07, 6.45) is 6.54. The van der Waals surface area contributed by atoms with Crippen molar-refractivity contribution in [1.82, 2.24) is 19.9 Å². The second-order valence-corrected chi connectivity index (χ2v) is 11.9. The lowest BCUT2D eigenvalue weighted by Crippen LogP contribution is -2.49. The van der Waals surface area contributed by atoms with Crippen LogP contribution in [-0.4, -0.2) is 83.9 Å². The molecule has 0 spiro atoms. The number of likely N-dealkylation sites (tertiary alicyclic amines) is 1. The van der Waals surface area contributed by atoms with Crippen molar-refractivity contribution >= 4 is 34.7 Å². The lowest BCUT2D eigenvalue weighted by molar-refractivity contribution is -0.111. The van der Waals surface area contributed by atoms with Crippen molar-refractivity contribution in [2.75, 3.05) is 60.6 Å². The zero-order valence-electron chi connectivity index (χ0n) is 25.5. The number of anilines is 5. The van der Waals surface area contributed by atoms with Crippen molar-refractivity contribution in [3.8, 4) is 5.88 Å². The summed E-state index contributed by atoms with van der Waals surface area (Å²) in [7, 11) is 1.53. The van der Waals surface area contributed by atoms with E-state index in [0.29, 0.717) is 71.5 Å². The number of piperidine rings is 1. The number of pyridine rings is 1. The van der Waals surface area contributed by atoms with Crippen LogP contribution in [0.2, 0.25) is 0 Å². The highest BCUT2D eigenvalue weighted by atomic mass is 19.1. The molecule has 2 bridgehead atoms. The number of carbonyl (C=O) groups excluding carboxylic acids is 1. The molecule has 1 unspecified atom stereocenters. The van der Waals surface area contributed by atoms with E-state index < -0.39 is 17.7 Å². The van der Waals surface area contributed by atoms with Crippen LogP contribution >= 0.6 is 0 Å². The molecule has 4 saturated heterocycles. The minimum absolute atomic E-state index is 0.313. The molecule has 4 aliphatic heterocycles. The zero-order valence-corrected chi connectivity index (χ0v) is 25.5. The molecule has 242 valence electrons. The Bertz CT molecular complexity index is 1600. The van der Waals surface area contributed by atoms with Gasteiger partial charge in [0.05, 0.1) is 38.2 Å². The molecule has 6 heterocycles. The molecule has 2 aromatic heterocycles. The predicted molar refractivity (Wildman–Crippen MR) is 167 cm³/mol. The Labute approximate surface area is 265 Å². The van der Waals surface area contributed by atoms with Crippen LogP contribution < -0.4 is 25.3 Å². The molecule has 4 aliphatic rings. The van der Waals surface area contributed by atoms with E-state index in [1.165, 1.54) is 36.7 Å². The van der Waals surface area contributed by atoms with Crippen LogP contribution in [0.5, 0.6) is 5.88 Å². The number of carbonyl (C=O) groups is 1. The van der Waals surface area contributed by atoms with Crippen molar-refractivity contribution in [2.45, 2.75) is 49.9 Å². The highest BCUT2D eigenvalue weighted by Crippen LogP contribution is 2.39. The van der Waals surface area contributed by atoms with Gasteiger partial charge < -0.3 is 25.0 Å². The molecule has 3 atom stereocenters. The first-order chi connectivity index (χ1) is 22.4. The van der Waals surface area contributed by atoms with Gasteiger partial charge in [0, 0.05) is 50.3 Å². The van der Waals surface area contributed by atoms with E-state index in [0.717, 1.165) is 51.6 Å². The molecule has 7 rings (SSSR count). The van der Waals surface area contributed by atoms with Gasteiger partial charge >= 0.3 is 0 Å². The van der Waals surface area contributed by atoms with Crippen molar-refractivity contribution < 1.29 is 27.9 Å². The number of fused-ring (bicyclic) bond motifs is 2. The van der Waals surface area contributed by atoms with E-state index >= 15 is 0 Å². The second kappa shape index (κ2) is 12.8. The number of benzene rings is 1. The molecule has 14 heteroatoms. The minimum Gasteiger partial charge on any atom is -0.479 e. The number of halogens is 2. The summed E-state index contributed by atoms with van der Waals surface area (Å²) >= 11 is 0. The van der Waals surface area contributed by atoms with Gasteiger partial charge in [0.15, 0.2) is 11.6 Å². The number of morpholine rings is 1. The fourth-order valence-electron chi connectivity index (χ4n) is 6.97. The van der Waals surface area contributed by atoms with Gasteiger partial charge in [-0.15, -0.1) is 0 Å². The van der Waals surface area contributed by atoms with Gasteiger partial charge in [-0.25, -0.2) is 23.8 Å². The van der Waals surface area contributed by atoms with E-state index in [2.05, 4.69) is 37.0 Å². The molecular weight excluding hydrogens is 598 g/mol. The van der Waals surface area contributed by atoms with Gasteiger partial charge in [-0.2, -0.15) is 4.98 Å². The Morgan fingerprint density at radius 1 is 1.07 bits per heavy atom. The lowest BCUT2D eigenvalue weighted by Gasteiger charge is -2.41. The van der Waals surface area contributed by atoms with Gasteiger partial charge in [0.25, 0.3) is 0 Å². The molecule has 2 N–H and O–H groups in total. The van der Waals surface area contributed by atoms with E-state index in [9.17, 15) is 13.6 Å². The van der Waals surface area contributed by atoms with Crippen molar-refractivity contribution in [3.05, 3.63) is 66.5 Å². The van der Waals surface area contributed by atoms with Crippen LogP contribution in [-0.2, 0) is 14.4 Å². The van der Waals surface area contributed by atoms with Crippen LogP contribution in [0.1, 0.15) is 37.3 Å². The average molecular weight is 635 g/mol. The highest BCUT2D eigenvalue weighted by Gasteiger charge is 2.43. The number of hydrogen-bond acceptors (Lipinski definition) is 11. The van der Waals surface area contributed by atoms with Gasteiger partial charge in [-0.3, -0.25) is 14.5 Å². The molecule has 12 nitrogen and oxygen atoms in total. The van der Waals surface area contributed by atoms with Gasteiger partial charge in [-0.05, 0) is 49.1 Å². The van der Waals surface area contributed by atoms with Crippen LogP contribution in [0.4, 0.5) is 37.6 Å². The van der Waals surface area contributed by atoms with Crippen LogP contribution in [0.25, 0.3) is 0 Å². The van der Waals surface area contributed by atoms with Gasteiger partial charge in [0.2, 0.25) is 11.8 Å². The molecule has 3 aromatic rings. The summed E-state index contributed by atoms with van der Waals surface area (Å²) in [4.78, 5) is 36.6. The molecular formula is C32H36F2N8O4. The summed E-state index contributed by atoms with van der Waals surface area (Å²) in [6.45, 7) is 7.34. The van der Waals surface area contributed by atoms with E-state index in [-0.39, 0.29) is 5.91 Å². The number of nitrogens with one attached hydrogen (secondary N) is 2. The van der Waals surface area contributed by atoms with E-state index in [1.54, 1.807) is 12.1 Å². The van der Waals surface area contributed by atoms with Crippen LogP contribution in [0, 0.1) is 11.6 Å². The van der Waals surface area contributed by atoms with Crippen molar-refractivity contribution in [3.63, 3.8) is 0 Å². The van der Waals surface area contributed by atoms with Gasteiger partial charge in [-0.1, -0.05) is 6.58 Å². The number of aromatic nitrogens is 3. The second-order valence-electron chi connectivity index (χ2n) is 11.9. The minimum atomic E-state index is -0.660. The maximum atomic E-state index is 14.0. The Morgan fingerprint density at radius 3 is 2.57 bits per heavy atom. The average Bonchev–Trinajstić information content (AvgIpc) is 3.83. The Hall–Kier alpha value is -4.40. The first kappa shape index (κ1) is 30.3. The molecule has 0 radical (unpaired) electrons. The summed E-state index contributed by atoms with van der Waals surface area (Å²) in [6, 6.07) is 7.41. The number of amides is 1. The van der Waals surface area contributed by atoms with E-state index in [1.807, 2.05) is 0 Å². The molecule has 46 heavy (non-hydrogen) atoms. The molecule has 0 saturated carbocycles. The largest absolute Gasteiger partial charge is 0.479 e. The lowest BCUT2D eigenvalue weighted by atomic mass is 10.0. The number of hydrogen-bond donors (Lipinski definition) is 2. The van der Waals surface area contributed by atoms with Crippen LogP contribution in [0.15, 0.2) is 49.3 Å². The van der Waals surface area contributed by atoms with Gasteiger partial charge in [0.1, 0.15) is 29.5 Å². The first-order valence-electron chi connectivity index (χ1n) is 15.5. The smallest absolute Gasteiger partial charge is 0.247 e. The number of ether oxygens (including phenoxy) is 2. The molecule has 4 fully saturated rings. The fraction of sp³-hybridized carbons (Fsp3) is 0.438. The topological polar surface area (TPSA) is 117 Å². The van der Waals surface area contributed by atoms with Crippen molar-refractivity contribution in [1.29, 1.82) is 0 Å². The third-order valence-corrected chi connectivity index (χ3v) is 9.10. The Morgan fingerprint density at radius 2 is 1.87 bits per heavy atom.